The number of ether oxygens (including phenoxy) is 1. The number of amides is 3. The average molecular weight is 366 g/mol. The molecule has 138 valence electrons. The van der Waals surface area contributed by atoms with Crippen molar-refractivity contribution in [2.75, 3.05) is 0 Å². The van der Waals surface area contributed by atoms with Gasteiger partial charge in [-0.25, -0.2) is 0 Å². The fraction of sp³-hybridized carbons (Fsp3) is 0.250. The van der Waals surface area contributed by atoms with Gasteiger partial charge in [0.15, 0.2) is 0 Å². The fourth-order valence-electron chi connectivity index (χ4n) is 3.40. The van der Waals surface area contributed by atoms with Gasteiger partial charge in [-0.1, -0.05) is 12.1 Å². The van der Waals surface area contributed by atoms with Crippen LogP contribution in [0.1, 0.15) is 34.3 Å². The maximum Gasteiger partial charge on any atom is 0.255 e. The molecule has 0 spiro atoms. The van der Waals surface area contributed by atoms with Crippen molar-refractivity contribution >= 4 is 17.7 Å². The lowest BCUT2D eigenvalue weighted by Gasteiger charge is -2.29. The maximum atomic E-state index is 12.6. The zero-order valence-corrected chi connectivity index (χ0v) is 14.5. The minimum atomic E-state index is -0.621. The number of phenolic OH excluding ortho intramolecular Hbond substituents is 1. The Kier molecular flexibility index (Phi) is 4.27. The van der Waals surface area contributed by atoms with Gasteiger partial charge in [-0.3, -0.25) is 19.7 Å². The van der Waals surface area contributed by atoms with Crippen molar-refractivity contribution in [1.29, 1.82) is 0 Å². The number of nitrogens with one attached hydrogen (secondary N) is 1. The molecule has 0 radical (unpaired) electrons. The smallest absolute Gasteiger partial charge is 0.255 e. The minimum Gasteiger partial charge on any atom is -0.508 e. The van der Waals surface area contributed by atoms with Crippen molar-refractivity contribution in [2.45, 2.75) is 32.0 Å². The predicted octanol–water partition coefficient (Wildman–Crippen LogP) is 1.73. The highest BCUT2D eigenvalue weighted by Gasteiger charge is 2.39. The molecule has 2 heterocycles. The average Bonchev–Trinajstić information content (AvgIpc) is 2.97. The Morgan fingerprint density at radius 3 is 2.63 bits per heavy atom. The Morgan fingerprint density at radius 2 is 1.89 bits per heavy atom. The second kappa shape index (κ2) is 6.75. The van der Waals surface area contributed by atoms with E-state index < -0.39 is 11.9 Å². The van der Waals surface area contributed by atoms with Gasteiger partial charge >= 0.3 is 0 Å². The summed E-state index contributed by atoms with van der Waals surface area (Å²) in [5.74, 6) is -0.103. The monoisotopic (exact) mass is 366 g/mol. The van der Waals surface area contributed by atoms with Crippen LogP contribution in [-0.2, 0) is 22.7 Å². The normalized spacial score (nSPS) is 19.0. The number of phenols is 1. The Balaban J connectivity index is 1.46. The molecular formula is C20H18N2O5. The summed E-state index contributed by atoms with van der Waals surface area (Å²) in [5, 5.41) is 11.6. The number of fused-ring (bicyclic) bond motifs is 1. The number of benzene rings is 2. The van der Waals surface area contributed by atoms with Gasteiger partial charge in [-0.2, -0.15) is 0 Å². The summed E-state index contributed by atoms with van der Waals surface area (Å²) < 4.78 is 5.77. The van der Waals surface area contributed by atoms with Crippen LogP contribution >= 0.6 is 0 Å². The molecule has 7 nitrogen and oxygen atoms in total. The summed E-state index contributed by atoms with van der Waals surface area (Å²) in [6.07, 6.45) is 0.576. The van der Waals surface area contributed by atoms with Crippen LogP contribution in [-0.4, -0.2) is 33.8 Å². The van der Waals surface area contributed by atoms with Crippen LogP contribution in [0.2, 0.25) is 0 Å². The van der Waals surface area contributed by atoms with E-state index in [1.54, 1.807) is 42.5 Å². The summed E-state index contributed by atoms with van der Waals surface area (Å²) in [7, 11) is 0. The van der Waals surface area contributed by atoms with Crippen molar-refractivity contribution in [3.05, 3.63) is 59.2 Å². The number of carbonyl (C=O) groups is 3. The number of piperidine rings is 1. The first-order valence-corrected chi connectivity index (χ1v) is 8.69. The van der Waals surface area contributed by atoms with Crippen molar-refractivity contribution in [3.8, 4) is 11.5 Å². The van der Waals surface area contributed by atoms with Crippen molar-refractivity contribution in [3.63, 3.8) is 0 Å². The zero-order chi connectivity index (χ0) is 19.0. The van der Waals surface area contributed by atoms with Gasteiger partial charge in [0, 0.05) is 18.5 Å². The van der Waals surface area contributed by atoms with Gasteiger partial charge in [0.25, 0.3) is 5.91 Å². The van der Waals surface area contributed by atoms with E-state index in [1.807, 2.05) is 0 Å². The van der Waals surface area contributed by atoms with Gasteiger partial charge in [0.2, 0.25) is 11.8 Å². The Hall–Kier alpha value is -3.35. The molecule has 0 aromatic heterocycles. The number of hydrogen-bond donors (Lipinski definition) is 2. The predicted molar refractivity (Wildman–Crippen MR) is 94.9 cm³/mol. The maximum absolute atomic E-state index is 12.6. The van der Waals surface area contributed by atoms with Crippen LogP contribution in [0, 0.1) is 0 Å². The number of carbonyl (C=O) groups excluding carboxylic acids is 3. The van der Waals surface area contributed by atoms with Crippen LogP contribution in [0.4, 0.5) is 0 Å². The highest BCUT2D eigenvalue weighted by molar-refractivity contribution is 6.05. The molecule has 0 aliphatic carbocycles. The topological polar surface area (TPSA) is 95.9 Å². The third-order valence-corrected chi connectivity index (χ3v) is 4.84. The quantitative estimate of drug-likeness (QED) is 0.804. The van der Waals surface area contributed by atoms with E-state index in [4.69, 9.17) is 4.74 Å². The van der Waals surface area contributed by atoms with E-state index in [9.17, 15) is 19.5 Å². The fourth-order valence-corrected chi connectivity index (χ4v) is 3.40. The van der Waals surface area contributed by atoms with Crippen molar-refractivity contribution < 1.29 is 24.2 Å². The molecule has 7 heteroatoms. The molecule has 2 aromatic rings. The van der Waals surface area contributed by atoms with Crippen LogP contribution in [0.3, 0.4) is 0 Å². The summed E-state index contributed by atoms with van der Waals surface area (Å²) in [6.45, 7) is 0.653. The molecule has 1 saturated heterocycles. The lowest BCUT2D eigenvalue weighted by molar-refractivity contribution is -0.136. The van der Waals surface area contributed by atoms with Gasteiger partial charge in [0.05, 0.1) is 0 Å². The highest BCUT2D eigenvalue weighted by atomic mass is 16.5. The molecule has 3 amide bonds. The molecule has 1 unspecified atom stereocenters. The zero-order valence-electron chi connectivity index (χ0n) is 14.5. The first kappa shape index (κ1) is 17.1. The second-order valence-electron chi connectivity index (χ2n) is 6.67. The number of hydrogen-bond acceptors (Lipinski definition) is 5. The first-order chi connectivity index (χ1) is 13.0. The number of nitrogens with zero attached hydrogens (tertiary/aromatic N) is 1. The standard InChI is InChI=1S/C20H18N2O5/c23-14-3-1-12(2-4-14)11-27-15-5-6-16-13(9-15)10-22(20(16)26)17-7-8-18(24)21-19(17)25/h1-6,9,17,23H,7-8,10-11H2,(H,21,24,25). The van der Waals surface area contributed by atoms with Crippen LogP contribution in [0.25, 0.3) is 0 Å². The molecule has 4 rings (SSSR count). The Morgan fingerprint density at radius 1 is 1.11 bits per heavy atom. The summed E-state index contributed by atoms with van der Waals surface area (Å²) in [5.41, 5.74) is 2.26. The number of aromatic hydroxyl groups is 1. The summed E-state index contributed by atoms with van der Waals surface area (Å²) in [4.78, 5) is 37.5. The molecule has 1 atom stereocenters. The van der Waals surface area contributed by atoms with Crippen LogP contribution in [0.15, 0.2) is 42.5 Å². The Labute approximate surface area is 155 Å². The number of rotatable bonds is 4. The third-order valence-electron chi connectivity index (χ3n) is 4.84. The lowest BCUT2D eigenvalue weighted by atomic mass is 10.0. The SMILES string of the molecule is O=C1CCC(N2Cc3cc(OCc4ccc(O)cc4)ccc3C2=O)C(=O)N1. The molecular weight excluding hydrogens is 348 g/mol. The molecule has 0 bridgehead atoms. The Bertz CT molecular complexity index is 922. The first-order valence-electron chi connectivity index (χ1n) is 8.69. The van der Waals surface area contributed by atoms with Crippen molar-refractivity contribution in [2.24, 2.45) is 0 Å². The van der Waals surface area contributed by atoms with Crippen LogP contribution < -0.4 is 10.1 Å². The van der Waals surface area contributed by atoms with Gasteiger partial charge in [-0.05, 0) is 47.9 Å². The minimum absolute atomic E-state index is 0.198. The van der Waals surface area contributed by atoms with E-state index in [0.717, 1.165) is 11.1 Å². The molecule has 2 aliphatic rings. The largest absolute Gasteiger partial charge is 0.508 e. The summed E-state index contributed by atoms with van der Waals surface area (Å²) >= 11 is 0. The van der Waals surface area contributed by atoms with E-state index in [0.29, 0.717) is 30.9 Å². The van der Waals surface area contributed by atoms with Gasteiger partial charge in [0.1, 0.15) is 24.1 Å². The second-order valence-corrected chi connectivity index (χ2v) is 6.67. The molecule has 0 saturated carbocycles. The molecule has 2 aliphatic heterocycles. The molecule has 1 fully saturated rings. The molecule has 2 N–H and O–H groups in total. The highest BCUT2D eigenvalue weighted by Crippen LogP contribution is 2.30. The number of imide groups is 1. The molecule has 27 heavy (non-hydrogen) atoms. The van der Waals surface area contributed by atoms with E-state index in [1.165, 1.54) is 4.90 Å². The third kappa shape index (κ3) is 3.36. The van der Waals surface area contributed by atoms with Gasteiger partial charge in [-0.15, -0.1) is 0 Å². The van der Waals surface area contributed by atoms with Crippen molar-refractivity contribution in [1.82, 2.24) is 10.2 Å². The molecule has 2 aromatic carbocycles. The van der Waals surface area contributed by atoms with Gasteiger partial charge < -0.3 is 14.7 Å². The van der Waals surface area contributed by atoms with E-state index in [-0.39, 0.29) is 24.0 Å². The van der Waals surface area contributed by atoms with Crippen LogP contribution in [0.5, 0.6) is 11.5 Å². The lowest BCUT2D eigenvalue weighted by Crippen LogP contribution is -2.52. The summed E-state index contributed by atoms with van der Waals surface area (Å²) in [6, 6.07) is 11.4. The van der Waals surface area contributed by atoms with E-state index >= 15 is 0 Å². The van der Waals surface area contributed by atoms with E-state index in [2.05, 4.69) is 5.32 Å².